The maximum absolute atomic E-state index is 12.1. The van der Waals surface area contributed by atoms with Crippen molar-refractivity contribution in [1.29, 1.82) is 0 Å². The highest BCUT2D eigenvalue weighted by Gasteiger charge is 2.12. The predicted molar refractivity (Wildman–Crippen MR) is 106 cm³/mol. The molecule has 0 aliphatic rings. The third-order valence-corrected chi connectivity index (χ3v) is 5.84. The Morgan fingerprint density at radius 1 is 1.21 bits per heavy atom. The number of nitrogens with two attached hydrogens (primary N) is 1. The van der Waals surface area contributed by atoms with E-state index in [-0.39, 0.29) is 16.6 Å². The number of nitrogens with zero attached hydrogens (tertiary/aromatic N) is 4. The van der Waals surface area contributed by atoms with E-state index in [1.807, 2.05) is 24.3 Å². The van der Waals surface area contributed by atoms with Crippen molar-refractivity contribution in [1.82, 2.24) is 24.9 Å². The van der Waals surface area contributed by atoms with Gasteiger partial charge in [-0.05, 0) is 44.0 Å². The molecule has 2 aromatic heterocycles. The Hall–Kier alpha value is -2.50. The molecule has 11 heteroatoms. The molecule has 1 amide bonds. The SMILES string of the molecule is Cc1cc(C)n2c(SCC(=O)NCCc3ccc(S(N)(=O)=O)cc3)nnc2n1. The Bertz CT molecular complexity index is 1110. The number of rotatable bonds is 7. The minimum Gasteiger partial charge on any atom is -0.355 e. The monoisotopic (exact) mass is 420 g/mol. The standard InChI is InChI=1S/C17H20N6O3S2/c1-11-9-12(2)23-16(20-11)21-22-17(23)27-10-15(24)19-8-7-13-3-5-14(6-4-13)28(18,25)26/h3-6,9H,7-8,10H2,1-2H3,(H,19,24)(H2,18,25,26). The number of hydrogen-bond donors (Lipinski definition) is 2. The Morgan fingerprint density at radius 3 is 2.61 bits per heavy atom. The van der Waals surface area contributed by atoms with Crippen molar-refractivity contribution in [2.75, 3.05) is 12.3 Å². The van der Waals surface area contributed by atoms with Crippen LogP contribution in [0.2, 0.25) is 0 Å². The normalized spacial score (nSPS) is 11.7. The van der Waals surface area contributed by atoms with Crippen LogP contribution in [0.15, 0.2) is 40.4 Å². The fraction of sp³-hybridized carbons (Fsp3) is 0.294. The summed E-state index contributed by atoms with van der Waals surface area (Å²) in [6.07, 6.45) is 0.581. The molecule has 148 valence electrons. The Kier molecular flexibility index (Phi) is 5.96. The van der Waals surface area contributed by atoms with Crippen molar-refractivity contribution in [2.45, 2.75) is 30.3 Å². The lowest BCUT2D eigenvalue weighted by Gasteiger charge is -2.06. The smallest absolute Gasteiger partial charge is 0.256 e. The van der Waals surface area contributed by atoms with Gasteiger partial charge in [0, 0.05) is 17.9 Å². The van der Waals surface area contributed by atoms with Crippen LogP contribution in [-0.2, 0) is 21.2 Å². The van der Waals surface area contributed by atoms with Crippen molar-refractivity contribution < 1.29 is 13.2 Å². The van der Waals surface area contributed by atoms with E-state index in [0.717, 1.165) is 17.0 Å². The van der Waals surface area contributed by atoms with Crippen molar-refractivity contribution in [3.63, 3.8) is 0 Å². The van der Waals surface area contributed by atoms with Crippen molar-refractivity contribution in [3.05, 3.63) is 47.3 Å². The van der Waals surface area contributed by atoms with Crippen molar-refractivity contribution in [3.8, 4) is 0 Å². The van der Waals surface area contributed by atoms with Gasteiger partial charge in [-0.15, -0.1) is 10.2 Å². The van der Waals surface area contributed by atoms with Crippen molar-refractivity contribution in [2.24, 2.45) is 5.14 Å². The lowest BCUT2D eigenvalue weighted by molar-refractivity contribution is -0.118. The summed E-state index contributed by atoms with van der Waals surface area (Å²) >= 11 is 1.29. The van der Waals surface area contributed by atoms with Crippen LogP contribution in [0.4, 0.5) is 0 Å². The molecule has 3 aromatic rings. The largest absolute Gasteiger partial charge is 0.355 e. The molecule has 0 bridgehead atoms. The Balaban J connectivity index is 1.50. The van der Waals surface area contributed by atoms with Gasteiger partial charge in [-0.25, -0.2) is 18.5 Å². The lowest BCUT2D eigenvalue weighted by atomic mass is 10.1. The van der Waals surface area contributed by atoms with E-state index in [9.17, 15) is 13.2 Å². The number of hydrogen-bond acceptors (Lipinski definition) is 7. The van der Waals surface area contributed by atoms with Crippen LogP contribution < -0.4 is 10.5 Å². The van der Waals surface area contributed by atoms with E-state index < -0.39 is 10.0 Å². The minimum atomic E-state index is -3.69. The molecule has 0 radical (unpaired) electrons. The zero-order valence-electron chi connectivity index (χ0n) is 15.4. The number of sulfonamides is 1. The second kappa shape index (κ2) is 8.25. The summed E-state index contributed by atoms with van der Waals surface area (Å²) in [6, 6.07) is 8.21. The molecule has 28 heavy (non-hydrogen) atoms. The first-order valence-corrected chi connectivity index (χ1v) is 11.0. The van der Waals surface area contributed by atoms with Gasteiger partial charge in [0.2, 0.25) is 15.9 Å². The molecule has 0 atom stereocenters. The average Bonchev–Trinajstić information content (AvgIpc) is 3.03. The zero-order valence-corrected chi connectivity index (χ0v) is 17.0. The van der Waals surface area contributed by atoms with E-state index in [1.54, 1.807) is 12.1 Å². The molecule has 1 aromatic carbocycles. The van der Waals surface area contributed by atoms with Gasteiger partial charge in [0.25, 0.3) is 5.78 Å². The molecular weight excluding hydrogens is 400 g/mol. The Labute approximate surface area is 166 Å². The van der Waals surface area contributed by atoms with Gasteiger partial charge >= 0.3 is 0 Å². The first-order valence-electron chi connectivity index (χ1n) is 8.44. The van der Waals surface area contributed by atoms with Gasteiger partial charge in [0.15, 0.2) is 5.16 Å². The number of primary sulfonamides is 1. The fourth-order valence-electron chi connectivity index (χ4n) is 2.67. The van der Waals surface area contributed by atoms with Gasteiger partial charge in [-0.1, -0.05) is 23.9 Å². The first kappa shape index (κ1) is 20.2. The molecule has 9 nitrogen and oxygen atoms in total. The number of nitrogens with one attached hydrogen (secondary N) is 1. The van der Waals surface area contributed by atoms with Crippen LogP contribution in [-0.4, -0.2) is 46.2 Å². The van der Waals surface area contributed by atoms with Gasteiger partial charge < -0.3 is 5.32 Å². The van der Waals surface area contributed by atoms with E-state index in [1.165, 1.54) is 23.9 Å². The third kappa shape index (κ3) is 4.86. The summed E-state index contributed by atoms with van der Waals surface area (Å²) < 4.78 is 24.3. The maximum Gasteiger partial charge on any atom is 0.256 e. The molecule has 0 aliphatic heterocycles. The lowest BCUT2D eigenvalue weighted by Crippen LogP contribution is -2.27. The molecule has 2 heterocycles. The highest BCUT2D eigenvalue weighted by Crippen LogP contribution is 2.18. The minimum absolute atomic E-state index is 0.0668. The van der Waals surface area contributed by atoms with Crippen molar-refractivity contribution >= 4 is 33.5 Å². The van der Waals surface area contributed by atoms with Gasteiger partial charge in [0.1, 0.15) is 0 Å². The maximum atomic E-state index is 12.1. The number of benzene rings is 1. The molecule has 3 N–H and O–H groups in total. The molecule has 0 saturated heterocycles. The Morgan fingerprint density at radius 2 is 1.93 bits per heavy atom. The van der Waals surface area contributed by atoms with E-state index >= 15 is 0 Å². The molecule has 3 rings (SSSR count). The number of amides is 1. The third-order valence-electron chi connectivity index (χ3n) is 3.98. The van der Waals surface area contributed by atoms with Gasteiger partial charge in [-0.3, -0.25) is 9.20 Å². The summed E-state index contributed by atoms with van der Waals surface area (Å²) in [5.74, 6) is 0.599. The van der Waals surface area contributed by atoms with Crippen LogP contribution in [0.3, 0.4) is 0 Å². The van der Waals surface area contributed by atoms with E-state index in [4.69, 9.17) is 5.14 Å². The highest BCUT2D eigenvalue weighted by molar-refractivity contribution is 7.99. The number of fused-ring (bicyclic) bond motifs is 1. The number of carbonyl (C=O) groups excluding carboxylic acids is 1. The van der Waals surface area contributed by atoms with Gasteiger partial charge in [0.05, 0.1) is 10.6 Å². The number of aromatic nitrogens is 4. The second-order valence-corrected chi connectivity index (χ2v) is 8.74. The summed E-state index contributed by atoms with van der Waals surface area (Å²) in [5, 5.41) is 16.7. The zero-order chi connectivity index (χ0) is 20.3. The first-order chi connectivity index (χ1) is 13.2. The number of carbonyl (C=O) groups is 1. The molecular formula is C17H20N6O3S2. The highest BCUT2D eigenvalue weighted by atomic mass is 32.2. The predicted octanol–water partition coefficient (Wildman–Crippen LogP) is 0.840. The molecule has 0 aliphatic carbocycles. The van der Waals surface area contributed by atoms with Crippen LogP contribution in [0.5, 0.6) is 0 Å². The number of thioether (sulfide) groups is 1. The molecule has 0 unspecified atom stereocenters. The number of aryl methyl sites for hydroxylation is 2. The molecule has 0 spiro atoms. The average molecular weight is 421 g/mol. The fourth-order valence-corrected chi connectivity index (χ4v) is 4.00. The van der Waals surface area contributed by atoms with E-state index in [0.29, 0.717) is 23.9 Å². The summed E-state index contributed by atoms with van der Waals surface area (Å²) in [5.41, 5.74) is 2.73. The topological polar surface area (TPSA) is 132 Å². The van der Waals surface area contributed by atoms with Crippen LogP contribution in [0.1, 0.15) is 17.0 Å². The molecule has 0 fully saturated rings. The molecule has 0 saturated carbocycles. The van der Waals surface area contributed by atoms with Crippen LogP contribution >= 0.6 is 11.8 Å². The second-order valence-electron chi connectivity index (χ2n) is 6.23. The summed E-state index contributed by atoms with van der Waals surface area (Å²) in [4.78, 5) is 16.5. The van der Waals surface area contributed by atoms with Crippen LogP contribution in [0, 0.1) is 13.8 Å². The summed E-state index contributed by atoms with van der Waals surface area (Å²) in [7, 11) is -3.69. The summed E-state index contributed by atoms with van der Waals surface area (Å²) in [6.45, 7) is 4.27. The van der Waals surface area contributed by atoms with E-state index in [2.05, 4.69) is 20.5 Å². The quantitative estimate of drug-likeness (QED) is 0.541. The van der Waals surface area contributed by atoms with Gasteiger partial charge in [-0.2, -0.15) is 0 Å². The van der Waals surface area contributed by atoms with Crippen LogP contribution in [0.25, 0.3) is 5.78 Å².